The number of carbonyl (C=O) groups is 1. The Kier molecular flexibility index (Phi) is 12.1. The zero-order valence-corrected chi connectivity index (χ0v) is 28.1. The number of aromatic nitrogens is 3. The first-order chi connectivity index (χ1) is 21.5. The van der Waals surface area contributed by atoms with Crippen molar-refractivity contribution in [2.75, 3.05) is 71.5 Å². The molecule has 1 spiro atoms. The summed E-state index contributed by atoms with van der Waals surface area (Å²) in [5, 5.41) is 18.2. The van der Waals surface area contributed by atoms with Crippen molar-refractivity contribution in [3.63, 3.8) is 0 Å². The second kappa shape index (κ2) is 15.6. The molecule has 3 heterocycles. The van der Waals surface area contributed by atoms with Gasteiger partial charge in [0.25, 0.3) is 11.8 Å². The Morgan fingerprint density at radius 3 is 2.62 bits per heavy atom. The summed E-state index contributed by atoms with van der Waals surface area (Å²) >= 11 is 0. The van der Waals surface area contributed by atoms with E-state index in [4.69, 9.17) is 9.47 Å². The Bertz CT molecular complexity index is 1260. The molecule has 250 valence electrons. The molecule has 1 amide bonds. The molecule has 1 aromatic carbocycles. The van der Waals surface area contributed by atoms with Crippen molar-refractivity contribution < 1.29 is 23.8 Å². The van der Waals surface area contributed by atoms with Gasteiger partial charge in [0, 0.05) is 63.9 Å². The van der Waals surface area contributed by atoms with E-state index in [0.29, 0.717) is 37.5 Å². The highest BCUT2D eigenvalue weighted by atomic mass is 19.1. The fourth-order valence-electron chi connectivity index (χ4n) is 6.93. The molecule has 2 atom stereocenters. The van der Waals surface area contributed by atoms with Gasteiger partial charge in [0.05, 0.1) is 18.3 Å². The summed E-state index contributed by atoms with van der Waals surface area (Å²) in [6.07, 6.45) is 4.17. The van der Waals surface area contributed by atoms with Gasteiger partial charge in [-0.2, -0.15) is 0 Å². The lowest BCUT2D eigenvalue weighted by molar-refractivity contribution is -0.0347. The van der Waals surface area contributed by atoms with Crippen LogP contribution >= 0.6 is 0 Å². The number of nitrogens with zero attached hydrogens (tertiary/aromatic N) is 7. The standard InChI is InChI=1S/C33H52FN7O4/c1-8-41(24(4)5)32(43)27-16-25(34)11-12-29(27)45-31-30(35-22-36-37-31)39-15-13-33(19-39)20-40(21-33)28(23(2)3)10-9-14-38(6)17-26(42)18-44-7/h11-12,16,22-24,26,28,42H,8-10,13-15,17-21H2,1-7H3/t26-,28-/m1/s1. The lowest BCUT2D eigenvalue weighted by Crippen LogP contribution is -2.62. The SMILES string of the molecule is CCN(C(=O)c1cc(F)ccc1Oc1nncnc1N1CCC2(C1)CN([C@H](CCCN(C)C[C@@H](O)COC)C(C)C)C2)C(C)C. The van der Waals surface area contributed by atoms with E-state index in [-0.39, 0.29) is 34.6 Å². The lowest BCUT2D eigenvalue weighted by Gasteiger charge is -2.53. The minimum absolute atomic E-state index is 0.0491. The quantitative estimate of drug-likeness (QED) is 0.294. The number of anilines is 1. The molecule has 2 aliphatic rings. The van der Waals surface area contributed by atoms with Gasteiger partial charge < -0.3 is 29.3 Å². The average molecular weight is 630 g/mol. The number of carbonyl (C=O) groups excluding carboxylic acids is 1. The van der Waals surface area contributed by atoms with Crippen LogP contribution in [0.3, 0.4) is 0 Å². The number of amides is 1. The fourth-order valence-corrected chi connectivity index (χ4v) is 6.93. The Hall–Kier alpha value is -2.93. The van der Waals surface area contributed by atoms with Gasteiger partial charge in [0.2, 0.25) is 0 Å². The Labute approximate surface area is 267 Å². The van der Waals surface area contributed by atoms with Crippen LogP contribution in [0.2, 0.25) is 0 Å². The topological polar surface area (TPSA) is 107 Å². The maximum Gasteiger partial charge on any atom is 0.282 e. The lowest BCUT2D eigenvalue weighted by atomic mass is 9.76. The van der Waals surface area contributed by atoms with E-state index in [0.717, 1.165) is 52.0 Å². The average Bonchev–Trinajstić information content (AvgIpc) is 3.42. The van der Waals surface area contributed by atoms with Crippen LogP contribution in [0, 0.1) is 17.2 Å². The first kappa shape index (κ1) is 34.9. The minimum atomic E-state index is -0.508. The number of hydrogen-bond acceptors (Lipinski definition) is 10. The number of hydrogen-bond donors (Lipinski definition) is 1. The summed E-state index contributed by atoms with van der Waals surface area (Å²) in [7, 11) is 3.66. The zero-order valence-electron chi connectivity index (χ0n) is 28.1. The van der Waals surface area contributed by atoms with Gasteiger partial charge >= 0.3 is 0 Å². The van der Waals surface area contributed by atoms with Crippen LogP contribution in [0.5, 0.6) is 11.6 Å². The van der Waals surface area contributed by atoms with Crippen molar-refractivity contribution in [3.8, 4) is 11.6 Å². The molecule has 0 aliphatic carbocycles. The van der Waals surface area contributed by atoms with Crippen molar-refractivity contribution >= 4 is 11.7 Å². The van der Waals surface area contributed by atoms with E-state index in [1.165, 1.54) is 24.5 Å². The van der Waals surface area contributed by atoms with Gasteiger partial charge in [-0.15, -0.1) is 10.2 Å². The van der Waals surface area contributed by atoms with Crippen LogP contribution < -0.4 is 9.64 Å². The Balaban J connectivity index is 1.39. The molecule has 11 nitrogen and oxygen atoms in total. The van der Waals surface area contributed by atoms with Crippen molar-refractivity contribution in [2.24, 2.45) is 11.3 Å². The highest BCUT2D eigenvalue weighted by molar-refractivity contribution is 5.97. The number of aliphatic hydroxyl groups is 1. The van der Waals surface area contributed by atoms with Gasteiger partial charge in [-0.3, -0.25) is 9.69 Å². The summed E-state index contributed by atoms with van der Waals surface area (Å²) < 4.78 is 25.5. The second-order valence-electron chi connectivity index (χ2n) is 13.4. The highest BCUT2D eigenvalue weighted by Crippen LogP contribution is 2.44. The number of rotatable bonds is 16. The van der Waals surface area contributed by atoms with Crippen LogP contribution in [0.4, 0.5) is 10.2 Å². The summed E-state index contributed by atoms with van der Waals surface area (Å²) in [5.74, 6) is 0.752. The molecule has 2 aromatic rings. The molecule has 0 unspecified atom stereocenters. The van der Waals surface area contributed by atoms with Crippen LogP contribution in [-0.2, 0) is 4.74 Å². The van der Waals surface area contributed by atoms with Crippen molar-refractivity contribution in [1.82, 2.24) is 29.9 Å². The van der Waals surface area contributed by atoms with E-state index < -0.39 is 11.9 Å². The monoisotopic (exact) mass is 629 g/mol. The fraction of sp³-hybridized carbons (Fsp3) is 0.697. The first-order valence-corrected chi connectivity index (χ1v) is 16.3. The van der Waals surface area contributed by atoms with Gasteiger partial charge in [0.15, 0.2) is 5.82 Å². The van der Waals surface area contributed by atoms with Crippen LogP contribution in [0.15, 0.2) is 24.5 Å². The Morgan fingerprint density at radius 2 is 1.96 bits per heavy atom. The van der Waals surface area contributed by atoms with Gasteiger partial charge in [-0.05, 0) is 77.7 Å². The molecule has 2 fully saturated rings. The van der Waals surface area contributed by atoms with Crippen LogP contribution in [-0.4, -0.2) is 126 Å². The molecule has 12 heteroatoms. The van der Waals surface area contributed by atoms with Crippen molar-refractivity contribution in [1.29, 1.82) is 0 Å². The summed E-state index contributed by atoms with van der Waals surface area (Å²) in [4.78, 5) is 26.5. The Morgan fingerprint density at radius 1 is 1.20 bits per heavy atom. The second-order valence-corrected chi connectivity index (χ2v) is 13.4. The largest absolute Gasteiger partial charge is 0.434 e. The highest BCUT2D eigenvalue weighted by Gasteiger charge is 2.50. The normalized spacial score (nSPS) is 17.7. The van der Waals surface area contributed by atoms with E-state index >= 15 is 0 Å². The number of likely N-dealkylation sites (tertiary alicyclic amines) is 1. The van der Waals surface area contributed by atoms with E-state index in [1.807, 2.05) is 20.8 Å². The number of benzene rings is 1. The van der Waals surface area contributed by atoms with Crippen molar-refractivity contribution in [2.45, 2.75) is 72.1 Å². The molecule has 2 saturated heterocycles. The minimum Gasteiger partial charge on any atom is -0.434 e. The van der Waals surface area contributed by atoms with E-state index in [1.54, 1.807) is 12.0 Å². The third-order valence-corrected chi connectivity index (χ3v) is 9.15. The predicted octanol–water partition coefficient (Wildman–Crippen LogP) is 3.93. The van der Waals surface area contributed by atoms with Crippen molar-refractivity contribution in [3.05, 3.63) is 35.9 Å². The molecule has 45 heavy (non-hydrogen) atoms. The van der Waals surface area contributed by atoms with Crippen LogP contribution in [0.1, 0.15) is 64.2 Å². The molecule has 4 rings (SSSR count). The number of ether oxygens (including phenoxy) is 2. The number of halogens is 1. The molecule has 1 N–H and O–H groups in total. The molecular weight excluding hydrogens is 577 g/mol. The molecule has 2 aliphatic heterocycles. The first-order valence-electron chi connectivity index (χ1n) is 16.3. The number of likely N-dealkylation sites (N-methyl/N-ethyl adjacent to an activating group) is 1. The van der Waals surface area contributed by atoms with E-state index in [2.05, 4.69) is 50.8 Å². The zero-order chi connectivity index (χ0) is 32.7. The van der Waals surface area contributed by atoms with E-state index in [9.17, 15) is 14.3 Å². The number of aliphatic hydroxyl groups excluding tert-OH is 1. The molecule has 0 bridgehead atoms. The van der Waals surface area contributed by atoms with Gasteiger partial charge in [-0.25, -0.2) is 9.37 Å². The summed E-state index contributed by atoms with van der Waals surface area (Å²) in [6, 6.07) is 4.42. The summed E-state index contributed by atoms with van der Waals surface area (Å²) in [5.41, 5.74) is 0.318. The maximum atomic E-state index is 14.3. The predicted molar refractivity (Wildman–Crippen MR) is 172 cm³/mol. The van der Waals surface area contributed by atoms with Crippen LogP contribution in [0.25, 0.3) is 0 Å². The molecule has 0 saturated carbocycles. The summed E-state index contributed by atoms with van der Waals surface area (Å²) in [6.45, 7) is 16.5. The van der Waals surface area contributed by atoms with Gasteiger partial charge in [0.1, 0.15) is 17.9 Å². The van der Waals surface area contributed by atoms with Gasteiger partial charge in [-0.1, -0.05) is 13.8 Å². The molecule has 0 radical (unpaired) electrons. The third-order valence-electron chi connectivity index (χ3n) is 9.15. The maximum absolute atomic E-state index is 14.3. The molecular formula is C33H52FN7O4. The smallest absolute Gasteiger partial charge is 0.282 e. The molecule has 1 aromatic heterocycles. The number of methoxy groups -OCH3 is 1. The third kappa shape index (κ3) is 8.66.